The highest BCUT2D eigenvalue weighted by molar-refractivity contribution is 7.91. The summed E-state index contributed by atoms with van der Waals surface area (Å²) in [5.74, 6) is 0.130. The minimum atomic E-state index is -3.02. The second-order valence-corrected chi connectivity index (χ2v) is 7.86. The molecule has 0 saturated carbocycles. The maximum Gasteiger partial charge on any atom is 0.321 e. The lowest BCUT2D eigenvalue weighted by Gasteiger charge is -2.23. The Kier molecular flexibility index (Phi) is 4.46. The number of sulfone groups is 1. The number of halogens is 2. The van der Waals surface area contributed by atoms with Crippen LogP contribution in [0.4, 0.5) is 10.5 Å². The maximum atomic E-state index is 12.1. The van der Waals surface area contributed by atoms with E-state index in [1.54, 1.807) is 25.2 Å². The van der Waals surface area contributed by atoms with Crippen LogP contribution >= 0.6 is 23.2 Å². The molecule has 1 aliphatic rings. The molecule has 1 aromatic rings. The predicted octanol–water partition coefficient (Wildman–Crippen LogP) is 2.64. The molecule has 5 nitrogen and oxygen atoms in total. The molecule has 1 saturated heterocycles. The fraction of sp³-hybridized carbons (Fsp3) is 0.417. The average molecular weight is 337 g/mol. The van der Waals surface area contributed by atoms with Gasteiger partial charge in [0.2, 0.25) is 0 Å². The van der Waals surface area contributed by atoms with Crippen LogP contribution in [0, 0.1) is 0 Å². The van der Waals surface area contributed by atoms with Gasteiger partial charge in [0.15, 0.2) is 9.84 Å². The third-order valence-electron chi connectivity index (χ3n) is 3.19. The van der Waals surface area contributed by atoms with Crippen molar-refractivity contribution in [3.8, 4) is 0 Å². The SMILES string of the molecule is CN(C(=O)Nc1cc(Cl)cc(Cl)c1)C1CCS(=O)(=O)C1. The monoisotopic (exact) mass is 336 g/mol. The summed E-state index contributed by atoms with van der Waals surface area (Å²) < 4.78 is 22.8. The van der Waals surface area contributed by atoms with Gasteiger partial charge in [-0.3, -0.25) is 0 Å². The van der Waals surface area contributed by atoms with E-state index in [2.05, 4.69) is 5.32 Å². The molecule has 0 spiro atoms. The summed E-state index contributed by atoms with van der Waals surface area (Å²) >= 11 is 11.7. The molecule has 110 valence electrons. The normalized spacial score (nSPS) is 20.6. The molecule has 1 unspecified atom stereocenters. The van der Waals surface area contributed by atoms with Crippen molar-refractivity contribution < 1.29 is 13.2 Å². The Bertz CT molecular complexity index is 613. The standard InChI is InChI=1S/C12H14Cl2N2O3S/c1-16(11-2-3-20(18,19)7-11)12(17)15-10-5-8(13)4-9(14)6-10/h4-6,11H,2-3,7H2,1H3,(H,15,17). The highest BCUT2D eigenvalue weighted by Crippen LogP contribution is 2.23. The van der Waals surface area contributed by atoms with Crippen molar-refractivity contribution in [2.75, 3.05) is 23.9 Å². The molecule has 1 aromatic carbocycles. The molecule has 1 aliphatic heterocycles. The number of urea groups is 1. The van der Waals surface area contributed by atoms with Crippen molar-refractivity contribution in [1.29, 1.82) is 0 Å². The average Bonchev–Trinajstić information content (AvgIpc) is 2.67. The molecule has 1 heterocycles. The van der Waals surface area contributed by atoms with Gasteiger partial charge in [-0.15, -0.1) is 0 Å². The number of nitrogens with zero attached hydrogens (tertiary/aromatic N) is 1. The van der Waals surface area contributed by atoms with E-state index < -0.39 is 9.84 Å². The fourth-order valence-electron chi connectivity index (χ4n) is 2.08. The largest absolute Gasteiger partial charge is 0.324 e. The van der Waals surface area contributed by atoms with Crippen molar-refractivity contribution in [3.05, 3.63) is 28.2 Å². The minimum absolute atomic E-state index is 0.00716. The Labute approximate surface area is 127 Å². The van der Waals surface area contributed by atoms with Crippen LogP contribution in [0.15, 0.2) is 18.2 Å². The summed E-state index contributed by atoms with van der Waals surface area (Å²) in [6, 6.07) is 4.03. The zero-order valence-corrected chi connectivity index (χ0v) is 13.1. The number of rotatable bonds is 2. The second-order valence-electron chi connectivity index (χ2n) is 4.76. The lowest BCUT2D eigenvalue weighted by atomic mass is 10.2. The van der Waals surface area contributed by atoms with E-state index in [9.17, 15) is 13.2 Å². The number of carbonyl (C=O) groups excluding carboxylic acids is 1. The van der Waals surface area contributed by atoms with E-state index in [-0.39, 0.29) is 23.6 Å². The lowest BCUT2D eigenvalue weighted by molar-refractivity contribution is 0.209. The van der Waals surface area contributed by atoms with Gasteiger partial charge in [0.05, 0.1) is 11.5 Å². The Hall–Kier alpha value is -0.980. The molecule has 8 heteroatoms. The van der Waals surface area contributed by atoms with Crippen molar-refractivity contribution in [2.45, 2.75) is 12.5 Å². The quantitative estimate of drug-likeness (QED) is 0.902. The molecule has 20 heavy (non-hydrogen) atoms. The first-order chi connectivity index (χ1) is 9.27. The van der Waals surface area contributed by atoms with Gasteiger partial charge in [0, 0.05) is 28.8 Å². The number of benzene rings is 1. The molecule has 0 aliphatic carbocycles. The molecular formula is C12H14Cl2N2O3S. The smallest absolute Gasteiger partial charge is 0.321 e. The van der Waals surface area contributed by atoms with Gasteiger partial charge < -0.3 is 10.2 Å². The van der Waals surface area contributed by atoms with E-state index in [0.717, 1.165) is 0 Å². The minimum Gasteiger partial charge on any atom is -0.324 e. The Morgan fingerprint density at radius 1 is 1.30 bits per heavy atom. The summed E-state index contributed by atoms with van der Waals surface area (Å²) in [6.45, 7) is 0. The van der Waals surface area contributed by atoms with Crippen molar-refractivity contribution in [1.82, 2.24) is 4.90 Å². The Morgan fingerprint density at radius 2 is 1.90 bits per heavy atom. The number of hydrogen-bond acceptors (Lipinski definition) is 3. The molecule has 1 atom stereocenters. The molecular weight excluding hydrogens is 323 g/mol. The summed E-state index contributed by atoms with van der Waals surface area (Å²) in [4.78, 5) is 13.5. The highest BCUT2D eigenvalue weighted by Gasteiger charge is 2.32. The highest BCUT2D eigenvalue weighted by atomic mass is 35.5. The van der Waals surface area contributed by atoms with E-state index in [1.165, 1.54) is 4.90 Å². The van der Waals surface area contributed by atoms with E-state index >= 15 is 0 Å². The first kappa shape index (κ1) is 15.4. The molecule has 0 radical (unpaired) electrons. The van der Waals surface area contributed by atoms with Gasteiger partial charge in [-0.1, -0.05) is 23.2 Å². The van der Waals surface area contributed by atoms with E-state index in [0.29, 0.717) is 22.2 Å². The van der Waals surface area contributed by atoms with Crippen molar-refractivity contribution in [2.24, 2.45) is 0 Å². The number of anilines is 1. The van der Waals surface area contributed by atoms with E-state index in [4.69, 9.17) is 23.2 Å². The number of amides is 2. The van der Waals surface area contributed by atoms with Crippen LogP contribution in [0.3, 0.4) is 0 Å². The zero-order chi connectivity index (χ0) is 14.9. The third-order valence-corrected chi connectivity index (χ3v) is 5.38. The molecule has 0 bridgehead atoms. The van der Waals surface area contributed by atoms with Gasteiger partial charge >= 0.3 is 6.03 Å². The predicted molar refractivity (Wildman–Crippen MR) is 80.3 cm³/mol. The summed E-state index contributed by atoms with van der Waals surface area (Å²) in [7, 11) is -1.45. The number of carbonyl (C=O) groups is 1. The topological polar surface area (TPSA) is 66.5 Å². The summed E-state index contributed by atoms with van der Waals surface area (Å²) in [5, 5.41) is 3.48. The van der Waals surface area contributed by atoms with Crippen LogP contribution in [0.2, 0.25) is 10.0 Å². The van der Waals surface area contributed by atoms with Crippen LogP contribution in [-0.4, -0.2) is 43.9 Å². The van der Waals surface area contributed by atoms with E-state index in [1.807, 2.05) is 0 Å². The summed E-state index contributed by atoms with van der Waals surface area (Å²) in [6.07, 6.45) is 0.461. The first-order valence-electron chi connectivity index (χ1n) is 5.97. The third kappa shape index (κ3) is 3.77. The summed E-state index contributed by atoms with van der Waals surface area (Å²) in [5.41, 5.74) is 0.472. The van der Waals surface area contributed by atoms with Gasteiger partial charge in [-0.2, -0.15) is 0 Å². The van der Waals surface area contributed by atoms with Crippen LogP contribution < -0.4 is 5.32 Å². The molecule has 2 rings (SSSR count). The molecule has 0 aromatic heterocycles. The van der Waals surface area contributed by atoms with Gasteiger partial charge in [0.25, 0.3) is 0 Å². The van der Waals surface area contributed by atoms with Gasteiger partial charge in [-0.25, -0.2) is 13.2 Å². The maximum absolute atomic E-state index is 12.1. The Morgan fingerprint density at radius 3 is 2.40 bits per heavy atom. The Balaban J connectivity index is 2.04. The van der Waals surface area contributed by atoms with Crippen molar-refractivity contribution >= 4 is 44.8 Å². The van der Waals surface area contributed by atoms with Crippen LogP contribution in [0.25, 0.3) is 0 Å². The second kappa shape index (κ2) is 5.79. The van der Waals surface area contributed by atoms with Crippen LogP contribution in [-0.2, 0) is 9.84 Å². The van der Waals surface area contributed by atoms with Gasteiger partial charge in [0.1, 0.15) is 0 Å². The number of hydrogen-bond donors (Lipinski definition) is 1. The molecule has 1 fully saturated rings. The molecule has 2 amide bonds. The fourth-order valence-corrected chi connectivity index (χ4v) is 4.38. The van der Waals surface area contributed by atoms with Crippen molar-refractivity contribution in [3.63, 3.8) is 0 Å². The first-order valence-corrected chi connectivity index (χ1v) is 8.55. The van der Waals surface area contributed by atoms with Crippen LogP contribution in [0.5, 0.6) is 0 Å². The van der Waals surface area contributed by atoms with Gasteiger partial charge in [-0.05, 0) is 24.6 Å². The lowest BCUT2D eigenvalue weighted by Crippen LogP contribution is -2.40. The van der Waals surface area contributed by atoms with Crippen LogP contribution in [0.1, 0.15) is 6.42 Å². The number of nitrogens with one attached hydrogen (secondary N) is 1. The molecule has 1 N–H and O–H groups in total. The zero-order valence-electron chi connectivity index (χ0n) is 10.8.